The van der Waals surface area contributed by atoms with Crippen molar-refractivity contribution in [3.63, 3.8) is 0 Å². The SMILES string of the molecule is CCCNCc1ccc2c(ccn2CCSCC)c1. The molecule has 2 nitrogen and oxygen atoms in total. The molecule has 0 aliphatic carbocycles. The summed E-state index contributed by atoms with van der Waals surface area (Å²) in [7, 11) is 0. The van der Waals surface area contributed by atoms with Crippen LogP contribution < -0.4 is 5.32 Å². The number of benzene rings is 1. The van der Waals surface area contributed by atoms with Gasteiger partial charge in [-0.2, -0.15) is 11.8 Å². The maximum absolute atomic E-state index is 3.45. The van der Waals surface area contributed by atoms with E-state index in [1.807, 2.05) is 11.8 Å². The van der Waals surface area contributed by atoms with Gasteiger partial charge in [0.2, 0.25) is 0 Å². The maximum atomic E-state index is 3.45. The van der Waals surface area contributed by atoms with Crippen LogP contribution in [0.3, 0.4) is 0 Å². The molecule has 0 saturated carbocycles. The first-order valence-corrected chi connectivity index (χ1v) is 8.37. The highest BCUT2D eigenvalue weighted by Gasteiger charge is 2.02. The number of hydrogen-bond acceptors (Lipinski definition) is 2. The van der Waals surface area contributed by atoms with Crippen LogP contribution in [0.5, 0.6) is 0 Å². The molecule has 1 aromatic heterocycles. The van der Waals surface area contributed by atoms with E-state index in [1.165, 1.54) is 34.4 Å². The van der Waals surface area contributed by atoms with Gasteiger partial charge in [-0.05, 0) is 47.9 Å². The van der Waals surface area contributed by atoms with Gasteiger partial charge in [-0.1, -0.05) is 19.9 Å². The largest absolute Gasteiger partial charge is 0.347 e. The molecule has 0 fully saturated rings. The minimum absolute atomic E-state index is 0.973. The predicted octanol–water partition coefficient (Wildman–Crippen LogP) is 3.89. The van der Waals surface area contributed by atoms with E-state index in [4.69, 9.17) is 0 Å². The monoisotopic (exact) mass is 276 g/mol. The fraction of sp³-hybridized carbons (Fsp3) is 0.500. The van der Waals surface area contributed by atoms with E-state index in [-0.39, 0.29) is 0 Å². The summed E-state index contributed by atoms with van der Waals surface area (Å²) in [5.41, 5.74) is 2.73. The third-order valence-electron chi connectivity index (χ3n) is 3.27. The van der Waals surface area contributed by atoms with Gasteiger partial charge in [0, 0.05) is 30.6 Å². The van der Waals surface area contributed by atoms with Crippen molar-refractivity contribution in [3.05, 3.63) is 36.0 Å². The average molecular weight is 276 g/mol. The minimum Gasteiger partial charge on any atom is -0.347 e. The third kappa shape index (κ3) is 4.02. The van der Waals surface area contributed by atoms with Crippen molar-refractivity contribution in [1.29, 1.82) is 0 Å². The lowest BCUT2D eigenvalue weighted by atomic mass is 10.1. The van der Waals surface area contributed by atoms with Crippen LogP contribution in [0.1, 0.15) is 25.8 Å². The predicted molar refractivity (Wildman–Crippen MR) is 86.9 cm³/mol. The first kappa shape index (κ1) is 14.5. The molecule has 2 aromatic rings. The van der Waals surface area contributed by atoms with Crippen LogP contribution in [-0.2, 0) is 13.1 Å². The van der Waals surface area contributed by atoms with Crippen LogP contribution in [-0.4, -0.2) is 22.6 Å². The molecule has 1 N–H and O–H groups in total. The van der Waals surface area contributed by atoms with Crippen LogP contribution in [0.25, 0.3) is 10.9 Å². The average Bonchev–Trinajstić information content (AvgIpc) is 2.82. The van der Waals surface area contributed by atoms with Gasteiger partial charge >= 0.3 is 0 Å². The second-order valence-corrected chi connectivity index (χ2v) is 6.17. The molecule has 0 spiro atoms. The zero-order chi connectivity index (χ0) is 13.5. The fourth-order valence-corrected chi connectivity index (χ4v) is 2.89. The summed E-state index contributed by atoms with van der Waals surface area (Å²) in [6.07, 6.45) is 3.40. The lowest BCUT2D eigenvalue weighted by molar-refractivity contribution is 0.676. The molecule has 0 unspecified atom stereocenters. The number of thioether (sulfide) groups is 1. The molecule has 0 saturated heterocycles. The highest BCUT2D eigenvalue weighted by Crippen LogP contribution is 2.18. The Labute approximate surface area is 120 Å². The summed E-state index contributed by atoms with van der Waals surface area (Å²) in [5, 5.41) is 4.81. The fourth-order valence-electron chi connectivity index (χ4n) is 2.27. The Morgan fingerprint density at radius 1 is 1.21 bits per heavy atom. The van der Waals surface area contributed by atoms with E-state index in [1.54, 1.807) is 0 Å². The Morgan fingerprint density at radius 2 is 2.11 bits per heavy atom. The summed E-state index contributed by atoms with van der Waals surface area (Å²) >= 11 is 2.00. The molecule has 3 heteroatoms. The molecule has 0 bridgehead atoms. The maximum Gasteiger partial charge on any atom is 0.0480 e. The van der Waals surface area contributed by atoms with Gasteiger partial charge in [0.1, 0.15) is 0 Å². The standard InChI is InChI=1S/C16H24N2S/c1-3-8-17-13-14-5-6-16-15(12-14)7-9-18(16)10-11-19-4-2/h5-7,9,12,17H,3-4,8,10-11,13H2,1-2H3. The molecular formula is C16H24N2S. The summed E-state index contributed by atoms with van der Waals surface area (Å²) in [5.74, 6) is 2.40. The highest BCUT2D eigenvalue weighted by molar-refractivity contribution is 7.99. The summed E-state index contributed by atoms with van der Waals surface area (Å²) in [6, 6.07) is 9.04. The van der Waals surface area contributed by atoms with E-state index in [0.717, 1.165) is 19.6 Å². The van der Waals surface area contributed by atoms with Crippen molar-refractivity contribution < 1.29 is 0 Å². The lowest BCUT2D eigenvalue weighted by Gasteiger charge is -2.06. The summed E-state index contributed by atoms with van der Waals surface area (Å²) in [4.78, 5) is 0. The summed E-state index contributed by atoms with van der Waals surface area (Å²) in [6.45, 7) is 7.59. The smallest absolute Gasteiger partial charge is 0.0480 e. The normalized spacial score (nSPS) is 11.3. The van der Waals surface area contributed by atoms with Crippen molar-refractivity contribution in [2.24, 2.45) is 0 Å². The van der Waals surface area contributed by atoms with Crippen molar-refractivity contribution >= 4 is 22.7 Å². The molecule has 19 heavy (non-hydrogen) atoms. The molecule has 0 radical (unpaired) electrons. The quantitative estimate of drug-likeness (QED) is 0.737. The second kappa shape index (κ2) is 7.61. The molecular weight excluding hydrogens is 252 g/mol. The highest BCUT2D eigenvalue weighted by atomic mass is 32.2. The molecule has 104 valence electrons. The van der Waals surface area contributed by atoms with E-state index in [2.05, 4.69) is 54.2 Å². The molecule has 0 aliphatic heterocycles. The van der Waals surface area contributed by atoms with E-state index in [0.29, 0.717) is 0 Å². The zero-order valence-corrected chi connectivity index (χ0v) is 12.8. The van der Waals surface area contributed by atoms with Crippen LogP contribution in [0.4, 0.5) is 0 Å². The Kier molecular flexibility index (Phi) is 5.80. The second-order valence-electron chi connectivity index (χ2n) is 4.78. The number of aromatic nitrogens is 1. The lowest BCUT2D eigenvalue weighted by Crippen LogP contribution is -2.13. The van der Waals surface area contributed by atoms with Gasteiger partial charge in [-0.3, -0.25) is 0 Å². The number of nitrogens with zero attached hydrogens (tertiary/aromatic N) is 1. The Hall–Kier alpha value is -0.930. The number of rotatable bonds is 8. The first-order chi connectivity index (χ1) is 9.35. The van der Waals surface area contributed by atoms with Crippen LogP contribution in [0.2, 0.25) is 0 Å². The van der Waals surface area contributed by atoms with Crippen LogP contribution in [0, 0.1) is 0 Å². The van der Waals surface area contributed by atoms with Gasteiger partial charge in [0.25, 0.3) is 0 Å². The summed E-state index contributed by atoms with van der Waals surface area (Å²) < 4.78 is 2.36. The molecule has 1 heterocycles. The number of hydrogen-bond donors (Lipinski definition) is 1. The molecule has 2 rings (SSSR count). The number of aryl methyl sites for hydroxylation is 1. The Bertz CT molecular complexity index is 504. The van der Waals surface area contributed by atoms with E-state index >= 15 is 0 Å². The van der Waals surface area contributed by atoms with Gasteiger partial charge in [0.15, 0.2) is 0 Å². The topological polar surface area (TPSA) is 17.0 Å². The minimum atomic E-state index is 0.973. The third-order valence-corrected chi connectivity index (χ3v) is 4.15. The van der Waals surface area contributed by atoms with Crippen molar-refractivity contribution in [2.45, 2.75) is 33.4 Å². The van der Waals surface area contributed by atoms with Gasteiger partial charge < -0.3 is 9.88 Å². The Balaban J connectivity index is 2.03. The van der Waals surface area contributed by atoms with Crippen molar-refractivity contribution in [2.75, 3.05) is 18.1 Å². The van der Waals surface area contributed by atoms with Crippen LogP contribution >= 0.6 is 11.8 Å². The molecule has 0 atom stereocenters. The van der Waals surface area contributed by atoms with Crippen molar-refractivity contribution in [3.8, 4) is 0 Å². The Morgan fingerprint density at radius 3 is 2.89 bits per heavy atom. The number of nitrogens with one attached hydrogen (secondary N) is 1. The molecule has 1 aromatic carbocycles. The molecule has 0 aliphatic rings. The van der Waals surface area contributed by atoms with Gasteiger partial charge in [-0.25, -0.2) is 0 Å². The van der Waals surface area contributed by atoms with E-state index in [9.17, 15) is 0 Å². The first-order valence-electron chi connectivity index (χ1n) is 7.21. The van der Waals surface area contributed by atoms with Crippen molar-refractivity contribution in [1.82, 2.24) is 9.88 Å². The number of fused-ring (bicyclic) bond motifs is 1. The molecule has 0 amide bonds. The van der Waals surface area contributed by atoms with E-state index < -0.39 is 0 Å². The van der Waals surface area contributed by atoms with Crippen LogP contribution in [0.15, 0.2) is 30.5 Å². The van der Waals surface area contributed by atoms with Gasteiger partial charge in [0.05, 0.1) is 0 Å². The van der Waals surface area contributed by atoms with Gasteiger partial charge in [-0.15, -0.1) is 0 Å². The zero-order valence-electron chi connectivity index (χ0n) is 12.0.